The fraction of sp³-hybridized carbons (Fsp3) is 0.178. The first-order chi connectivity index (χ1) is 37.6. The Balaban J connectivity index is 1.18. The molecule has 78 heavy (non-hydrogen) atoms. The Morgan fingerprint density at radius 2 is 0.962 bits per heavy atom. The van der Waals surface area contributed by atoms with Crippen molar-refractivity contribution in [2.24, 2.45) is 0 Å². The number of fused-ring (bicyclic) bond motifs is 12. The van der Waals surface area contributed by atoms with Crippen molar-refractivity contribution < 1.29 is 13.5 Å². The van der Waals surface area contributed by atoms with Gasteiger partial charge in [0.05, 0.1) is 11.1 Å². The molecule has 2 atom stereocenters. The average Bonchev–Trinajstić information content (AvgIpc) is 2.43. The van der Waals surface area contributed by atoms with Crippen LogP contribution in [0.1, 0.15) is 97.5 Å². The van der Waals surface area contributed by atoms with Gasteiger partial charge in [-0.2, -0.15) is 0 Å². The third kappa shape index (κ3) is 7.88. The highest BCUT2D eigenvalue weighted by Crippen LogP contribution is 2.67. The summed E-state index contributed by atoms with van der Waals surface area (Å²) in [6.07, 6.45) is 8.41. The van der Waals surface area contributed by atoms with Crippen LogP contribution < -0.4 is 14.5 Å². The number of ether oxygens (including phenoxy) is 1. The highest BCUT2D eigenvalue weighted by Gasteiger charge is 2.53. The van der Waals surface area contributed by atoms with Gasteiger partial charge in [0.25, 0.3) is 0 Å². The molecule has 0 aromatic heterocycles. The van der Waals surface area contributed by atoms with Crippen LogP contribution in [-0.4, -0.2) is 6.10 Å². The van der Waals surface area contributed by atoms with E-state index in [-0.39, 0.29) is 34.5 Å². The van der Waals surface area contributed by atoms with E-state index in [2.05, 4.69) is 235 Å². The molecule has 0 saturated heterocycles. The van der Waals surface area contributed by atoms with Gasteiger partial charge in [0, 0.05) is 45.5 Å². The average molecular weight is 1020 g/mol. The first-order valence-corrected chi connectivity index (χ1v) is 27.3. The van der Waals surface area contributed by atoms with Gasteiger partial charge < -0.3 is 14.5 Å². The van der Waals surface area contributed by atoms with E-state index in [0.29, 0.717) is 0 Å². The molecule has 3 aliphatic rings. The Hall–Kier alpha value is -8.54. The molecule has 5 heteroatoms. The number of rotatable bonds is 8. The Bertz CT molecular complexity index is 4020. The molecule has 13 rings (SSSR count). The predicted molar refractivity (Wildman–Crippen MR) is 320 cm³/mol. The molecule has 10 aromatic carbocycles. The van der Waals surface area contributed by atoms with Crippen molar-refractivity contribution in [3.05, 3.63) is 280 Å². The van der Waals surface area contributed by atoms with E-state index in [4.69, 9.17) is 4.74 Å². The molecule has 0 bridgehead atoms. The summed E-state index contributed by atoms with van der Waals surface area (Å²) in [5.74, 6) is 0.0312. The fourth-order valence-electron chi connectivity index (χ4n) is 12.8. The number of hydrogen-bond donors (Lipinski definition) is 0. The lowest BCUT2D eigenvalue weighted by atomic mass is 9.66. The minimum Gasteiger partial charge on any atom is -0.484 e. The monoisotopic (exact) mass is 1020 g/mol. The van der Waals surface area contributed by atoms with E-state index in [0.717, 1.165) is 111 Å². The zero-order valence-corrected chi connectivity index (χ0v) is 45.5. The third-order valence-corrected chi connectivity index (χ3v) is 16.6. The smallest absolute Gasteiger partial charge is 0.134 e. The maximum atomic E-state index is 15.6. The number of allylic oxidation sites excluding steroid dienone is 2. The summed E-state index contributed by atoms with van der Waals surface area (Å²) in [7, 11) is 0. The Morgan fingerprint density at radius 1 is 0.449 bits per heavy atom. The Morgan fingerprint density at radius 3 is 1.53 bits per heavy atom. The second kappa shape index (κ2) is 18.3. The van der Waals surface area contributed by atoms with Gasteiger partial charge in [0.2, 0.25) is 0 Å². The van der Waals surface area contributed by atoms with Crippen LogP contribution in [0.25, 0.3) is 32.7 Å². The van der Waals surface area contributed by atoms with Crippen LogP contribution in [0, 0.1) is 25.5 Å². The molecule has 0 fully saturated rings. The summed E-state index contributed by atoms with van der Waals surface area (Å²) < 4.78 is 38.8. The maximum Gasteiger partial charge on any atom is 0.134 e. The number of aryl methyl sites for hydroxylation is 2. The lowest BCUT2D eigenvalue weighted by Gasteiger charge is -2.36. The molecular weight excluding hydrogens is 959 g/mol. The van der Waals surface area contributed by atoms with E-state index in [1.54, 1.807) is 24.3 Å². The molecule has 0 saturated carbocycles. The number of nitrogens with zero attached hydrogens (tertiary/aromatic N) is 2. The molecule has 1 aliphatic heterocycles. The third-order valence-electron chi connectivity index (χ3n) is 16.6. The molecule has 0 radical (unpaired) electrons. The fourth-order valence-corrected chi connectivity index (χ4v) is 12.8. The molecule has 0 N–H and O–H groups in total. The highest BCUT2D eigenvalue weighted by atomic mass is 19.1. The maximum absolute atomic E-state index is 15.6. The van der Waals surface area contributed by atoms with Crippen LogP contribution in [0.3, 0.4) is 0 Å². The molecule has 0 spiro atoms. The largest absolute Gasteiger partial charge is 0.484 e. The number of anilines is 6. The van der Waals surface area contributed by atoms with Crippen molar-refractivity contribution in [3.63, 3.8) is 0 Å². The van der Waals surface area contributed by atoms with Crippen LogP contribution in [0.5, 0.6) is 5.75 Å². The quantitative estimate of drug-likeness (QED) is 0.141. The van der Waals surface area contributed by atoms with E-state index in [1.807, 2.05) is 24.3 Å². The zero-order chi connectivity index (χ0) is 53.8. The predicted octanol–water partition coefficient (Wildman–Crippen LogP) is 19.8. The Kier molecular flexibility index (Phi) is 11.5. The van der Waals surface area contributed by atoms with Crippen LogP contribution in [0.4, 0.5) is 42.9 Å². The van der Waals surface area contributed by atoms with Gasteiger partial charge in [-0.3, -0.25) is 0 Å². The Labute approximate surface area is 457 Å². The topological polar surface area (TPSA) is 15.7 Å². The molecular formula is C73H62F2N2O. The van der Waals surface area contributed by atoms with Gasteiger partial charge in [0.1, 0.15) is 23.5 Å². The summed E-state index contributed by atoms with van der Waals surface area (Å²) in [4.78, 5) is 4.75. The van der Waals surface area contributed by atoms with Crippen molar-refractivity contribution in [1.82, 2.24) is 0 Å². The molecule has 384 valence electrons. The minimum atomic E-state index is -1.13. The number of halogens is 2. The summed E-state index contributed by atoms with van der Waals surface area (Å²) >= 11 is 0. The van der Waals surface area contributed by atoms with Crippen LogP contribution in [0.2, 0.25) is 0 Å². The molecule has 3 nitrogen and oxygen atoms in total. The second-order valence-electron chi connectivity index (χ2n) is 23.7. The van der Waals surface area contributed by atoms with E-state index < -0.39 is 5.41 Å². The van der Waals surface area contributed by atoms with Gasteiger partial charge in [-0.1, -0.05) is 163 Å². The highest BCUT2D eigenvalue weighted by molar-refractivity contribution is 6.21. The first-order valence-electron chi connectivity index (χ1n) is 27.3. The van der Waals surface area contributed by atoms with E-state index in [1.165, 1.54) is 11.1 Å². The number of hydrogen-bond acceptors (Lipinski definition) is 3. The van der Waals surface area contributed by atoms with Gasteiger partial charge in [-0.15, -0.1) is 0 Å². The van der Waals surface area contributed by atoms with E-state index in [9.17, 15) is 0 Å². The van der Waals surface area contributed by atoms with Gasteiger partial charge in [0.15, 0.2) is 0 Å². The lowest BCUT2D eigenvalue weighted by Crippen LogP contribution is -2.29. The van der Waals surface area contributed by atoms with Gasteiger partial charge in [-0.05, 0) is 193 Å². The van der Waals surface area contributed by atoms with E-state index >= 15 is 8.78 Å². The molecule has 2 aliphatic carbocycles. The van der Waals surface area contributed by atoms with Crippen molar-refractivity contribution in [2.45, 2.75) is 83.7 Å². The van der Waals surface area contributed by atoms with Gasteiger partial charge >= 0.3 is 0 Å². The van der Waals surface area contributed by atoms with Crippen LogP contribution in [-0.2, 0) is 16.2 Å². The van der Waals surface area contributed by atoms with Crippen molar-refractivity contribution in [2.75, 3.05) is 9.80 Å². The summed E-state index contributed by atoms with van der Waals surface area (Å²) in [5, 5.41) is 4.25. The first kappa shape index (κ1) is 49.1. The van der Waals surface area contributed by atoms with Crippen molar-refractivity contribution >= 4 is 55.7 Å². The second-order valence-corrected chi connectivity index (χ2v) is 23.7. The zero-order valence-electron chi connectivity index (χ0n) is 45.5. The summed E-state index contributed by atoms with van der Waals surface area (Å²) in [5.41, 5.74) is 16.6. The van der Waals surface area contributed by atoms with Crippen molar-refractivity contribution in [1.29, 1.82) is 0 Å². The normalized spacial score (nSPS) is 15.9. The molecule has 0 amide bonds. The minimum absolute atomic E-state index is 0.0119. The molecule has 1 heterocycles. The lowest BCUT2D eigenvalue weighted by molar-refractivity contribution is 0.270. The molecule has 10 aromatic rings. The number of benzene rings is 10. The van der Waals surface area contributed by atoms with Crippen LogP contribution >= 0.6 is 0 Å². The molecule has 2 unspecified atom stereocenters. The SMILES string of the molecule is Cc1cccc(N(c2ccc(C(C)(C)C)cc2)c2ccc3c4c(c5ccccc5c3c2)-c2c(cc(N(c3ccc(C(C)(C)C)cc3)c3cccc(C)c3)c3c2OC2C=CC=CC32)C4(c2ccc(F)cc2)c2ccc(F)cc2)c1. The van der Waals surface area contributed by atoms with Gasteiger partial charge in [-0.25, -0.2) is 8.78 Å². The summed E-state index contributed by atoms with van der Waals surface area (Å²) in [6.45, 7) is 17.8. The van der Waals surface area contributed by atoms with Crippen molar-refractivity contribution in [3.8, 4) is 16.9 Å². The van der Waals surface area contributed by atoms with Crippen LogP contribution in [0.15, 0.2) is 218 Å². The summed E-state index contributed by atoms with van der Waals surface area (Å²) in [6, 6.07) is 67.3. The standard InChI is InChI=1S/C73H62F2N2O/c1-45-15-13-17-55(41-45)76(53-35-27-47(28-36-53)71(3,4)5)57-39-40-60-62(43-57)58-19-9-10-20-59(58)67-68-63(73(69(60)67,49-23-31-51(74)32-24-49)50-25-33-52(75)34-26-50)44-64(66-61-21-11-12-22-65(61)78-70(66)68)77(56-18-14-16-46(2)42-56)54-37-29-48(30-38-54)72(6,7)8/h9-44,61,65H,1-8H3.